The minimum Gasteiger partial charge on any atom is -0.379 e. The SMILES string of the molecule is Cc1ccc(C)c(CN2CCOC[C@]3(CC(=O)N(CC(C)C)C3)C2)c1. The van der Waals surface area contributed by atoms with E-state index in [0.717, 1.165) is 39.3 Å². The van der Waals surface area contributed by atoms with Gasteiger partial charge >= 0.3 is 0 Å². The number of amides is 1. The van der Waals surface area contributed by atoms with E-state index in [2.05, 4.69) is 55.7 Å². The molecule has 4 nitrogen and oxygen atoms in total. The molecule has 1 aromatic carbocycles. The van der Waals surface area contributed by atoms with Gasteiger partial charge in [0, 0.05) is 44.6 Å². The Bertz CT molecular complexity index is 628. The van der Waals surface area contributed by atoms with E-state index in [9.17, 15) is 4.79 Å². The van der Waals surface area contributed by atoms with Gasteiger partial charge in [-0.25, -0.2) is 0 Å². The van der Waals surface area contributed by atoms with E-state index in [4.69, 9.17) is 4.74 Å². The van der Waals surface area contributed by atoms with Crippen LogP contribution in [-0.4, -0.2) is 55.1 Å². The highest BCUT2D eigenvalue weighted by atomic mass is 16.5. The second-order valence-electron chi connectivity index (χ2n) is 8.54. The zero-order chi connectivity index (χ0) is 18.0. The van der Waals surface area contributed by atoms with E-state index in [1.54, 1.807) is 0 Å². The molecule has 2 fully saturated rings. The lowest BCUT2D eigenvalue weighted by Gasteiger charge is -2.32. The lowest BCUT2D eigenvalue weighted by Crippen LogP contribution is -2.41. The Morgan fingerprint density at radius 3 is 2.80 bits per heavy atom. The van der Waals surface area contributed by atoms with Crippen molar-refractivity contribution >= 4 is 5.91 Å². The molecular formula is C21H32N2O2. The van der Waals surface area contributed by atoms with E-state index in [1.807, 2.05) is 0 Å². The second-order valence-corrected chi connectivity index (χ2v) is 8.54. The van der Waals surface area contributed by atoms with Crippen LogP contribution in [0.5, 0.6) is 0 Å². The van der Waals surface area contributed by atoms with Crippen molar-refractivity contribution in [2.75, 3.05) is 39.4 Å². The van der Waals surface area contributed by atoms with Crippen molar-refractivity contribution in [1.82, 2.24) is 9.80 Å². The number of nitrogens with zero attached hydrogens (tertiary/aromatic N) is 2. The van der Waals surface area contributed by atoms with Crippen LogP contribution < -0.4 is 0 Å². The summed E-state index contributed by atoms with van der Waals surface area (Å²) in [5.74, 6) is 0.808. The lowest BCUT2D eigenvalue weighted by atomic mass is 9.87. The number of rotatable bonds is 4. The van der Waals surface area contributed by atoms with Crippen molar-refractivity contribution in [2.24, 2.45) is 11.3 Å². The fourth-order valence-electron chi connectivity index (χ4n) is 4.22. The largest absolute Gasteiger partial charge is 0.379 e. The summed E-state index contributed by atoms with van der Waals surface area (Å²) in [6, 6.07) is 6.67. The Labute approximate surface area is 152 Å². The van der Waals surface area contributed by atoms with Crippen LogP contribution >= 0.6 is 0 Å². The van der Waals surface area contributed by atoms with Crippen LogP contribution in [0.15, 0.2) is 18.2 Å². The monoisotopic (exact) mass is 344 g/mol. The molecule has 0 aromatic heterocycles. The van der Waals surface area contributed by atoms with E-state index in [1.165, 1.54) is 16.7 Å². The van der Waals surface area contributed by atoms with Crippen molar-refractivity contribution in [3.05, 3.63) is 34.9 Å². The van der Waals surface area contributed by atoms with Crippen molar-refractivity contribution in [1.29, 1.82) is 0 Å². The summed E-state index contributed by atoms with van der Waals surface area (Å²) in [6.45, 7) is 14.7. The lowest BCUT2D eigenvalue weighted by molar-refractivity contribution is -0.128. The highest BCUT2D eigenvalue weighted by molar-refractivity contribution is 5.79. The minimum atomic E-state index is -0.0415. The average molecular weight is 344 g/mol. The first-order valence-corrected chi connectivity index (χ1v) is 9.51. The summed E-state index contributed by atoms with van der Waals surface area (Å²) in [6.07, 6.45) is 0.628. The van der Waals surface area contributed by atoms with Gasteiger partial charge in [0.05, 0.1) is 13.2 Å². The Morgan fingerprint density at radius 1 is 1.24 bits per heavy atom. The topological polar surface area (TPSA) is 32.8 Å². The quantitative estimate of drug-likeness (QED) is 0.842. The molecule has 1 atom stereocenters. The van der Waals surface area contributed by atoms with Crippen LogP contribution in [0.1, 0.15) is 37.0 Å². The van der Waals surface area contributed by atoms with Gasteiger partial charge in [-0.1, -0.05) is 37.6 Å². The normalized spacial score (nSPS) is 25.2. The molecule has 1 amide bonds. The molecule has 0 radical (unpaired) electrons. The fraction of sp³-hybridized carbons (Fsp3) is 0.667. The van der Waals surface area contributed by atoms with Crippen LogP contribution in [0.4, 0.5) is 0 Å². The number of hydrogen-bond acceptors (Lipinski definition) is 3. The van der Waals surface area contributed by atoms with Crippen LogP contribution in [0.25, 0.3) is 0 Å². The number of aryl methyl sites for hydroxylation is 2. The van der Waals surface area contributed by atoms with Gasteiger partial charge in [-0.15, -0.1) is 0 Å². The molecule has 4 heteroatoms. The molecule has 2 aliphatic rings. The summed E-state index contributed by atoms with van der Waals surface area (Å²) in [4.78, 5) is 17.0. The molecule has 1 aromatic rings. The van der Waals surface area contributed by atoms with Crippen LogP contribution in [-0.2, 0) is 16.1 Å². The second kappa shape index (κ2) is 7.46. The third-order valence-corrected chi connectivity index (χ3v) is 5.41. The fourth-order valence-corrected chi connectivity index (χ4v) is 4.22. The third-order valence-electron chi connectivity index (χ3n) is 5.41. The molecular weight excluding hydrogens is 312 g/mol. The maximum atomic E-state index is 12.5. The van der Waals surface area contributed by atoms with E-state index in [-0.39, 0.29) is 5.41 Å². The highest BCUT2D eigenvalue weighted by Gasteiger charge is 2.45. The van der Waals surface area contributed by atoms with Crippen molar-refractivity contribution < 1.29 is 9.53 Å². The minimum absolute atomic E-state index is 0.0415. The Kier molecular flexibility index (Phi) is 5.49. The van der Waals surface area contributed by atoms with Crippen molar-refractivity contribution in [2.45, 2.75) is 40.7 Å². The summed E-state index contributed by atoms with van der Waals surface area (Å²) < 4.78 is 5.94. The molecule has 3 rings (SSSR count). The van der Waals surface area contributed by atoms with Gasteiger partial charge in [-0.2, -0.15) is 0 Å². The molecule has 2 saturated heterocycles. The first kappa shape index (κ1) is 18.4. The summed E-state index contributed by atoms with van der Waals surface area (Å²) >= 11 is 0. The van der Waals surface area contributed by atoms with Gasteiger partial charge in [0.2, 0.25) is 5.91 Å². The maximum absolute atomic E-state index is 12.5. The van der Waals surface area contributed by atoms with Crippen LogP contribution in [0, 0.1) is 25.2 Å². The van der Waals surface area contributed by atoms with Gasteiger partial charge in [-0.05, 0) is 30.9 Å². The van der Waals surface area contributed by atoms with E-state index < -0.39 is 0 Å². The Hall–Kier alpha value is -1.39. The van der Waals surface area contributed by atoms with Crippen molar-refractivity contribution in [3.8, 4) is 0 Å². The highest BCUT2D eigenvalue weighted by Crippen LogP contribution is 2.35. The molecule has 0 unspecified atom stereocenters. The molecule has 2 heterocycles. The number of likely N-dealkylation sites (tertiary alicyclic amines) is 1. The molecule has 25 heavy (non-hydrogen) atoms. The van der Waals surface area contributed by atoms with Gasteiger partial charge in [-0.3, -0.25) is 9.69 Å². The predicted octanol–water partition coefficient (Wildman–Crippen LogP) is 3.01. The average Bonchev–Trinajstić information content (AvgIpc) is 2.70. The predicted molar refractivity (Wildman–Crippen MR) is 100 cm³/mol. The molecule has 1 spiro atoms. The van der Waals surface area contributed by atoms with Gasteiger partial charge in [0.15, 0.2) is 0 Å². The molecule has 138 valence electrons. The molecule has 0 aliphatic carbocycles. The smallest absolute Gasteiger partial charge is 0.223 e. The molecule has 2 aliphatic heterocycles. The van der Waals surface area contributed by atoms with E-state index >= 15 is 0 Å². The van der Waals surface area contributed by atoms with Gasteiger partial charge < -0.3 is 9.64 Å². The Balaban J connectivity index is 1.73. The third kappa shape index (κ3) is 4.42. The Morgan fingerprint density at radius 2 is 2.04 bits per heavy atom. The number of benzene rings is 1. The van der Waals surface area contributed by atoms with E-state index in [0.29, 0.717) is 24.9 Å². The van der Waals surface area contributed by atoms with Gasteiger partial charge in [0.1, 0.15) is 0 Å². The number of ether oxygens (including phenoxy) is 1. The van der Waals surface area contributed by atoms with Crippen LogP contribution in [0.3, 0.4) is 0 Å². The number of carbonyl (C=O) groups is 1. The molecule has 0 N–H and O–H groups in total. The first-order chi connectivity index (χ1) is 11.9. The molecule has 0 bridgehead atoms. The van der Waals surface area contributed by atoms with Crippen molar-refractivity contribution in [3.63, 3.8) is 0 Å². The maximum Gasteiger partial charge on any atom is 0.223 e. The summed E-state index contributed by atoms with van der Waals surface area (Å²) in [7, 11) is 0. The number of hydrogen-bond donors (Lipinski definition) is 0. The molecule has 0 saturated carbocycles. The van der Waals surface area contributed by atoms with Gasteiger partial charge in [0.25, 0.3) is 0 Å². The van der Waals surface area contributed by atoms with Crippen LogP contribution in [0.2, 0.25) is 0 Å². The summed E-state index contributed by atoms with van der Waals surface area (Å²) in [5.41, 5.74) is 4.00. The number of carbonyl (C=O) groups excluding carboxylic acids is 1. The standard InChI is InChI=1S/C21H32N2O2/c1-16(2)11-23-14-21(10-20(23)24)13-22(7-8-25-15-21)12-19-9-17(3)5-6-18(19)4/h5-6,9,16H,7-8,10-15H2,1-4H3/t21-/m1/s1. The first-order valence-electron chi connectivity index (χ1n) is 9.51. The zero-order valence-electron chi connectivity index (χ0n) is 16.2. The zero-order valence-corrected chi connectivity index (χ0v) is 16.2. The summed E-state index contributed by atoms with van der Waals surface area (Å²) in [5, 5.41) is 0.